The van der Waals surface area contributed by atoms with Gasteiger partial charge in [0, 0.05) is 33.0 Å². The highest BCUT2D eigenvalue weighted by atomic mass is 32.2. The Balaban J connectivity index is 2.07. The fourth-order valence-corrected chi connectivity index (χ4v) is 2.81. The second-order valence-electron chi connectivity index (χ2n) is 4.11. The van der Waals surface area contributed by atoms with E-state index in [1.807, 2.05) is 24.3 Å². The standard InChI is InChI=1S/C15H11FN2S/c16-12-3-1-2-4-13(12)19-14-6-5-10-9-18-8-7-11(10)15(14)17/h1-9H,17H2. The van der Waals surface area contributed by atoms with Gasteiger partial charge in [0.05, 0.1) is 5.69 Å². The summed E-state index contributed by atoms with van der Waals surface area (Å²) in [4.78, 5) is 5.48. The Labute approximate surface area is 114 Å². The first-order valence-corrected chi connectivity index (χ1v) is 6.62. The van der Waals surface area contributed by atoms with Crippen molar-refractivity contribution < 1.29 is 4.39 Å². The molecule has 0 atom stereocenters. The Morgan fingerprint density at radius 3 is 2.68 bits per heavy atom. The molecular formula is C15H11FN2S. The number of nitrogens with zero attached hydrogens (tertiary/aromatic N) is 1. The van der Waals surface area contributed by atoms with E-state index in [-0.39, 0.29) is 5.82 Å². The molecule has 1 heterocycles. The molecule has 0 fully saturated rings. The van der Waals surface area contributed by atoms with E-state index < -0.39 is 0 Å². The number of nitrogens with two attached hydrogens (primary N) is 1. The maximum atomic E-state index is 13.6. The van der Waals surface area contributed by atoms with Crippen molar-refractivity contribution in [3.05, 3.63) is 60.7 Å². The summed E-state index contributed by atoms with van der Waals surface area (Å²) in [6.07, 6.45) is 3.47. The van der Waals surface area contributed by atoms with Crippen LogP contribution in [0.5, 0.6) is 0 Å². The molecular weight excluding hydrogens is 259 g/mol. The molecule has 0 aliphatic heterocycles. The van der Waals surface area contributed by atoms with Crippen LogP contribution in [-0.4, -0.2) is 4.98 Å². The molecule has 0 radical (unpaired) electrons. The average molecular weight is 270 g/mol. The van der Waals surface area contributed by atoms with Gasteiger partial charge in [0.25, 0.3) is 0 Å². The predicted molar refractivity (Wildman–Crippen MR) is 76.7 cm³/mol. The molecule has 3 rings (SSSR count). The zero-order valence-electron chi connectivity index (χ0n) is 10.0. The maximum Gasteiger partial charge on any atom is 0.137 e. The van der Waals surface area contributed by atoms with Crippen LogP contribution in [0.2, 0.25) is 0 Å². The van der Waals surface area contributed by atoms with E-state index in [1.54, 1.807) is 24.5 Å². The van der Waals surface area contributed by atoms with Crippen molar-refractivity contribution in [2.75, 3.05) is 5.73 Å². The Kier molecular flexibility index (Phi) is 3.09. The minimum atomic E-state index is -0.235. The molecule has 4 heteroatoms. The van der Waals surface area contributed by atoms with E-state index in [0.717, 1.165) is 15.7 Å². The van der Waals surface area contributed by atoms with Gasteiger partial charge < -0.3 is 5.73 Å². The summed E-state index contributed by atoms with van der Waals surface area (Å²) < 4.78 is 13.6. The molecule has 1 aromatic heterocycles. The molecule has 2 aromatic carbocycles. The number of aromatic nitrogens is 1. The first kappa shape index (κ1) is 12.0. The van der Waals surface area contributed by atoms with E-state index in [4.69, 9.17) is 5.73 Å². The first-order valence-electron chi connectivity index (χ1n) is 5.80. The van der Waals surface area contributed by atoms with Gasteiger partial charge in [0.1, 0.15) is 5.82 Å². The SMILES string of the molecule is Nc1c(Sc2ccccc2F)ccc2cnccc12. The quantitative estimate of drug-likeness (QED) is 0.712. The van der Waals surface area contributed by atoms with Crippen LogP contribution in [0.1, 0.15) is 0 Å². The van der Waals surface area contributed by atoms with Crippen LogP contribution < -0.4 is 5.73 Å². The summed E-state index contributed by atoms with van der Waals surface area (Å²) in [5, 5.41) is 1.93. The van der Waals surface area contributed by atoms with Crippen molar-refractivity contribution in [2.24, 2.45) is 0 Å². The number of nitrogen functional groups attached to an aromatic ring is 1. The molecule has 0 aliphatic rings. The molecule has 0 saturated heterocycles. The lowest BCUT2D eigenvalue weighted by atomic mass is 10.1. The fraction of sp³-hybridized carbons (Fsp3) is 0. The lowest BCUT2D eigenvalue weighted by Crippen LogP contribution is -1.91. The molecule has 19 heavy (non-hydrogen) atoms. The number of anilines is 1. The zero-order valence-corrected chi connectivity index (χ0v) is 10.8. The third-order valence-corrected chi connectivity index (χ3v) is 4.01. The third kappa shape index (κ3) is 2.27. The second-order valence-corrected chi connectivity index (χ2v) is 5.19. The molecule has 0 aliphatic carbocycles. The van der Waals surface area contributed by atoms with Crippen molar-refractivity contribution in [3.63, 3.8) is 0 Å². The molecule has 3 aromatic rings. The Morgan fingerprint density at radius 1 is 1.00 bits per heavy atom. The number of halogens is 1. The second kappa shape index (κ2) is 4.90. The highest BCUT2D eigenvalue weighted by molar-refractivity contribution is 7.99. The summed E-state index contributed by atoms with van der Waals surface area (Å²) in [5.74, 6) is -0.235. The normalized spacial score (nSPS) is 10.8. The van der Waals surface area contributed by atoms with Gasteiger partial charge in [-0.2, -0.15) is 0 Å². The minimum absolute atomic E-state index is 0.235. The van der Waals surface area contributed by atoms with E-state index in [1.165, 1.54) is 17.8 Å². The fourth-order valence-electron chi connectivity index (χ4n) is 1.91. The monoisotopic (exact) mass is 270 g/mol. The number of rotatable bonds is 2. The van der Waals surface area contributed by atoms with Crippen LogP contribution in [0.15, 0.2) is 64.6 Å². The molecule has 0 amide bonds. The van der Waals surface area contributed by atoms with Gasteiger partial charge in [-0.25, -0.2) is 4.39 Å². The van der Waals surface area contributed by atoms with Crippen molar-refractivity contribution >= 4 is 28.2 Å². The lowest BCUT2D eigenvalue weighted by Gasteiger charge is -2.09. The topological polar surface area (TPSA) is 38.9 Å². The van der Waals surface area contributed by atoms with Gasteiger partial charge in [-0.05, 0) is 24.3 Å². The maximum absolute atomic E-state index is 13.6. The molecule has 0 bridgehead atoms. The van der Waals surface area contributed by atoms with Crippen LogP contribution in [0, 0.1) is 5.82 Å². The van der Waals surface area contributed by atoms with Crippen LogP contribution in [-0.2, 0) is 0 Å². The predicted octanol–water partition coefficient (Wildman–Crippen LogP) is 4.11. The Bertz CT molecular complexity index is 743. The molecule has 94 valence electrons. The van der Waals surface area contributed by atoms with Gasteiger partial charge in [-0.3, -0.25) is 4.98 Å². The largest absolute Gasteiger partial charge is 0.397 e. The van der Waals surface area contributed by atoms with E-state index in [9.17, 15) is 4.39 Å². The first-order chi connectivity index (χ1) is 9.25. The molecule has 0 saturated carbocycles. The van der Waals surface area contributed by atoms with Gasteiger partial charge in [-0.15, -0.1) is 0 Å². The summed E-state index contributed by atoms with van der Waals surface area (Å²) in [6.45, 7) is 0. The van der Waals surface area contributed by atoms with Crippen LogP contribution in [0.4, 0.5) is 10.1 Å². The molecule has 0 unspecified atom stereocenters. The Hall–Kier alpha value is -2.07. The van der Waals surface area contributed by atoms with Crippen molar-refractivity contribution in [1.82, 2.24) is 4.98 Å². The van der Waals surface area contributed by atoms with E-state index >= 15 is 0 Å². The Morgan fingerprint density at radius 2 is 1.84 bits per heavy atom. The molecule has 2 N–H and O–H groups in total. The van der Waals surface area contributed by atoms with Crippen molar-refractivity contribution in [3.8, 4) is 0 Å². The van der Waals surface area contributed by atoms with Gasteiger partial charge in [-0.1, -0.05) is 30.0 Å². The van der Waals surface area contributed by atoms with Gasteiger partial charge in [0.2, 0.25) is 0 Å². The van der Waals surface area contributed by atoms with E-state index in [0.29, 0.717) is 10.6 Å². The minimum Gasteiger partial charge on any atom is -0.397 e. The van der Waals surface area contributed by atoms with Crippen LogP contribution >= 0.6 is 11.8 Å². The number of pyridine rings is 1. The lowest BCUT2D eigenvalue weighted by molar-refractivity contribution is 0.602. The highest BCUT2D eigenvalue weighted by Gasteiger charge is 2.08. The zero-order chi connectivity index (χ0) is 13.2. The van der Waals surface area contributed by atoms with Crippen molar-refractivity contribution in [2.45, 2.75) is 9.79 Å². The molecule has 2 nitrogen and oxygen atoms in total. The highest BCUT2D eigenvalue weighted by Crippen LogP contribution is 2.36. The summed E-state index contributed by atoms with van der Waals surface area (Å²) in [6, 6.07) is 12.4. The van der Waals surface area contributed by atoms with Crippen LogP contribution in [0.3, 0.4) is 0 Å². The summed E-state index contributed by atoms with van der Waals surface area (Å²) in [7, 11) is 0. The number of hydrogen-bond acceptors (Lipinski definition) is 3. The summed E-state index contributed by atoms with van der Waals surface area (Å²) in [5.41, 5.74) is 6.81. The number of hydrogen-bond donors (Lipinski definition) is 1. The molecule has 0 spiro atoms. The van der Waals surface area contributed by atoms with Gasteiger partial charge >= 0.3 is 0 Å². The van der Waals surface area contributed by atoms with Gasteiger partial charge in [0.15, 0.2) is 0 Å². The van der Waals surface area contributed by atoms with Crippen molar-refractivity contribution in [1.29, 1.82) is 0 Å². The van der Waals surface area contributed by atoms with Crippen LogP contribution in [0.25, 0.3) is 10.8 Å². The average Bonchev–Trinajstić information content (AvgIpc) is 2.44. The summed E-state index contributed by atoms with van der Waals surface area (Å²) >= 11 is 1.34. The smallest absolute Gasteiger partial charge is 0.137 e. The number of benzene rings is 2. The number of fused-ring (bicyclic) bond motifs is 1. The third-order valence-electron chi connectivity index (χ3n) is 2.88. The van der Waals surface area contributed by atoms with E-state index in [2.05, 4.69) is 4.98 Å².